The minimum atomic E-state index is 0.464. The Balaban J connectivity index is 2.18. The van der Waals surface area contributed by atoms with Crippen molar-refractivity contribution in [3.05, 3.63) is 38.8 Å². The number of hydrogen-bond donors (Lipinski definition) is 1. The minimum Gasteiger partial charge on any atom is -0.309 e. The van der Waals surface area contributed by atoms with Crippen LogP contribution in [0.3, 0.4) is 0 Å². The lowest BCUT2D eigenvalue weighted by Gasteiger charge is -2.05. The smallest absolute Gasteiger partial charge is 0.125 e. The molecule has 0 spiro atoms. The summed E-state index contributed by atoms with van der Waals surface area (Å²) < 4.78 is 0.981. The van der Waals surface area contributed by atoms with Crippen LogP contribution in [0.25, 0.3) is 10.6 Å². The van der Waals surface area contributed by atoms with Crippen molar-refractivity contribution in [2.45, 2.75) is 26.4 Å². The van der Waals surface area contributed by atoms with Gasteiger partial charge in [-0.2, -0.15) is 0 Å². The molecule has 2 nitrogen and oxygen atoms in total. The van der Waals surface area contributed by atoms with E-state index in [2.05, 4.69) is 45.5 Å². The molecule has 0 atom stereocenters. The van der Waals surface area contributed by atoms with Crippen molar-refractivity contribution >= 4 is 38.9 Å². The highest BCUT2D eigenvalue weighted by molar-refractivity contribution is 9.10. The summed E-state index contributed by atoms with van der Waals surface area (Å²) in [5, 5.41) is 7.12. The van der Waals surface area contributed by atoms with Gasteiger partial charge in [0.25, 0.3) is 0 Å². The largest absolute Gasteiger partial charge is 0.309 e. The Kier molecular flexibility index (Phi) is 4.78. The lowest BCUT2D eigenvalue weighted by Crippen LogP contribution is -2.21. The zero-order chi connectivity index (χ0) is 13.1. The SMILES string of the molecule is CC(C)NCc1csc(-c2ccc(Br)cc2Cl)n1. The van der Waals surface area contributed by atoms with Crippen LogP contribution >= 0.6 is 38.9 Å². The van der Waals surface area contributed by atoms with Crippen molar-refractivity contribution < 1.29 is 0 Å². The normalized spacial score (nSPS) is 11.2. The molecule has 0 radical (unpaired) electrons. The summed E-state index contributed by atoms with van der Waals surface area (Å²) in [5.74, 6) is 0. The molecule has 0 fully saturated rings. The van der Waals surface area contributed by atoms with Gasteiger partial charge >= 0.3 is 0 Å². The summed E-state index contributed by atoms with van der Waals surface area (Å²) in [4.78, 5) is 4.60. The van der Waals surface area contributed by atoms with Gasteiger partial charge in [0.15, 0.2) is 0 Å². The lowest BCUT2D eigenvalue weighted by molar-refractivity contribution is 0.583. The van der Waals surface area contributed by atoms with E-state index < -0.39 is 0 Å². The van der Waals surface area contributed by atoms with E-state index in [0.29, 0.717) is 6.04 Å². The predicted octanol–water partition coefficient (Wildman–Crippen LogP) is 4.72. The zero-order valence-corrected chi connectivity index (χ0v) is 13.4. The summed E-state index contributed by atoms with van der Waals surface area (Å²) in [6.45, 7) is 5.04. The average Bonchev–Trinajstić information content (AvgIpc) is 2.75. The molecule has 0 aliphatic heterocycles. The number of aromatic nitrogens is 1. The first-order chi connectivity index (χ1) is 8.56. The molecule has 0 saturated heterocycles. The van der Waals surface area contributed by atoms with Gasteiger partial charge in [-0.15, -0.1) is 11.3 Å². The topological polar surface area (TPSA) is 24.9 Å². The van der Waals surface area contributed by atoms with E-state index in [1.807, 2.05) is 18.2 Å². The summed E-state index contributed by atoms with van der Waals surface area (Å²) in [5.41, 5.74) is 2.04. The molecule has 1 aromatic carbocycles. The minimum absolute atomic E-state index is 0.464. The van der Waals surface area contributed by atoms with Gasteiger partial charge in [-0.1, -0.05) is 41.4 Å². The van der Waals surface area contributed by atoms with Crippen LogP contribution in [0.5, 0.6) is 0 Å². The maximum atomic E-state index is 6.22. The molecule has 1 aromatic heterocycles. The Bertz CT molecular complexity index is 540. The van der Waals surface area contributed by atoms with Gasteiger partial charge in [0.1, 0.15) is 5.01 Å². The average molecular weight is 346 g/mol. The molecule has 0 aliphatic rings. The van der Waals surface area contributed by atoms with E-state index in [9.17, 15) is 0 Å². The highest BCUT2D eigenvalue weighted by Crippen LogP contribution is 2.32. The second kappa shape index (κ2) is 6.15. The quantitative estimate of drug-likeness (QED) is 0.867. The third-order valence-corrected chi connectivity index (χ3v) is 4.14. The second-order valence-corrected chi connectivity index (χ2v) is 6.48. The Labute approximate surface area is 125 Å². The van der Waals surface area contributed by atoms with Gasteiger partial charge in [0.2, 0.25) is 0 Å². The van der Waals surface area contributed by atoms with Crippen LogP contribution in [0.15, 0.2) is 28.1 Å². The summed E-state index contributed by atoms with van der Waals surface area (Å²) in [6, 6.07) is 6.33. The van der Waals surface area contributed by atoms with Crippen molar-refractivity contribution in [3.8, 4) is 10.6 Å². The van der Waals surface area contributed by atoms with Crippen molar-refractivity contribution in [3.63, 3.8) is 0 Å². The van der Waals surface area contributed by atoms with Crippen molar-refractivity contribution in [2.24, 2.45) is 0 Å². The standard InChI is InChI=1S/C13H14BrClN2S/c1-8(2)16-6-10-7-18-13(17-10)11-4-3-9(14)5-12(11)15/h3-5,7-8,16H,6H2,1-2H3. The van der Waals surface area contributed by atoms with E-state index >= 15 is 0 Å². The highest BCUT2D eigenvalue weighted by atomic mass is 79.9. The van der Waals surface area contributed by atoms with Crippen molar-refractivity contribution in [1.82, 2.24) is 10.3 Å². The molecular weight excluding hydrogens is 332 g/mol. The van der Waals surface area contributed by atoms with Crippen LogP contribution < -0.4 is 5.32 Å². The Morgan fingerprint density at radius 1 is 1.44 bits per heavy atom. The molecule has 0 bridgehead atoms. The van der Waals surface area contributed by atoms with Crippen LogP contribution in [0, 0.1) is 0 Å². The monoisotopic (exact) mass is 344 g/mol. The Morgan fingerprint density at radius 2 is 2.22 bits per heavy atom. The molecule has 96 valence electrons. The fraction of sp³-hybridized carbons (Fsp3) is 0.308. The second-order valence-electron chi connectivity index (χ2n) is 4.30. The first-order valence-electron chi connectivity index (χ1n) is 5.69. The van der Waals surface area contributed by atoms with Gasteiger partial charge in [-0.3, -0.25) is 0 Å². The molecule has 0 amide bonds. The molecule has 0 saturated carbocycles. The number of nitrogens with one attached hydrogen (secondary N) is 1. The van der Waals surface area contributed by atoms with Gasteiger partial charge in [0, 0.05) is 28.0 Å². The van der Waals surface area contributed by atoms with Crippen LogP contribution in [-0.2, 0) is 6.54 Å². The molecule has 1 N–H and O–H groups in total. The number of thiazole rings is 1. The molecular formula is C13H14BrClN2S. The Morgan fingerprint density at radius 3 is 2.89 bits per heavy atom. The fourth-order valence-electron chi connectivity index (χ4n) is 1.48. The number of rotatable bonds is 4. The van der Waals surface area contributed by atoms with Crippen LogP contribution in [0.4, 0.5) is 0 Å². The molecule has 2 aromatic rings. The van der Waals surface area contributed by atoms with E-state index in [4.69, 9.17) is 11.6 Å². The van der Waals surface area contributed by atoms with Gasteiger partial charge in [-0.05, 0) is 18.2 Å². The van der Waals surface area contributed by atoms with Crippen molar-refractivity contribution in [1.29, 1.82) is 0 Å². The molecule has 0 unspecified atom stereocenters. The first kappa shape index (κ1) is 14.0. The van der Waals surface area contributed by atoms with Gasteiger partial charge in [0.05, 0.1) is 10.7 Å². The maximum Gasteiger partial charge on any atom is 0.125 e. The maximum absolute atomic E-state index is 6.22. The van der Waals surface area contributed by atoms with E-state index in [1.54, 1.807) is 11.3 Å². The zero-order valence-electron chi connectivity index (χ0n) is 10.2. The molecule has 5 heteroatoms. The van der Waals surface area contributed by atoms with Crippen LogP contribution in [-0.4, -0.2) is 11.0 Å². The summed E-state index contributed by atoms with van der Waals surface area (Å²) in [6.07, 6.45) is 0. The molecule has 0 aliphatic carbocycles. The highest BCUT2D eigenvalue weighted by Gasteiger charge is 2.09. The van der Waals surface area contributed by atoms with E-state index in [1.165, 1.54) is 0 Å². The van der Waals surface area contributed by atoms with Gasteiger partial charge < -0.3 is 5.32 Å². The fourth-order valence-corrected chi connectivity index (χ4v) is 3.16. The molecule has 18 heavy (non-hydrogen) atoms. The van der Waals surface area contributed by atoms with Crippen LogP contribution in [0.1, 0.15) is 19.5 Å². The molecule has 1 heterocycles. The third kappa shape index (κ3) is 3.54. The number of halogens is 2. The Hall–Kier alpha value is -0.420. The van der Waals surface area contributed by atoms with E-state index in [-0.39, 0.29) is 0 Å². The number of hydrogen-bond acceptors (Lipinski definition) is 3. The predicted molar refractivity (Wildman–Crippen MR) is 82.2 cm³/mol. The van der Waals surface area contributed by atoms with E-state index in [0.717, 1.165) is 32.3 Å². The van der Waals surface area contributed by atoms with Crippen molar-refractivity contribution in [2.75, 3.05) is 0 Å². The number of benzene rings is 1. The summed E-state index contributed by atoms with van der Waals surface area (Å²) >= 11 is 11.2. The molecule has 2 rings (SSSR count). The van der Waals surface area contributed by atoms with Gasteiger partial charge in [-0.25, -0.2) is 4.98 Å². The lowest BCUT2D eigenvalue weighted by atomic mass is 10.2. The summed E-state index contributed by atoms with van der Waals surface area (Å²) in [7, 11) is 0. The third-order valence-electron chi connectivity index (χ3n) is 2.40. The first-order valence-corrected chi connectivity index (χ1v) is 7.74. The number of nitrogens with zero attached hydrogens (tertiary/aromatic N) is 1. The van der Waals surface area contributed by atoms with Crippen LogP contribution in [0.2, 0.25) is 5.02 Å².